The number of carbonyl (C=O) groups excluding carboxylic acids is 2. The first-order valence-corrected chi connectivity index (χ1v) is 9.45. The Morgan fingerprint density at radius 3 is 2.54 bits per heavy atom. The minimum atomic E-state index is -4.03. The van der Waals surface area contributed by atoms with Gasteiger partial charge in [-0.1, -0.05) is 6.07 Å². The van der Waals surface area contributed by atoms with Crippen molar-refractivity contribution in [3.63, 3.8) is 0 Å². The van der Waals surface area contributed by atoms with Gasteiger partial charge in [-0.2, -0.15) is 9.98 Å². The van der Waals surface area contributed by atoms with Gasteiger partial charge in [-0.25, -0.2) is 12.8 Å². The molecule has 28 heavy (non-hydrogen) atoms. The number of ether oxygens (including phenoxy) is 1. The number of anilines is 1. The zero-order valence-electron chi connectivity index (χ0n) is 14.7. The molecule has 0 unspecified atom stereocenters. The maximum atomic E-state index is 12.9. The Kier molecular flexibility index (Phi) is 6.81. The molecule has 2 N–H and O–H groups in total. The van der Waals surface area contributed by atoms with E-state index in [-0.39, 0.29) is 4.90 Å². The minimum absolute atomic E-state index is 0.218. The molecular weight excluding hydrogens is 389 g/mol. The van der Waals surface area contributed by atoms with Crippen molar-refractivity contribution >= 4 is 27.6 Å². The van der Waals surface area contributed by atoms with Gasteiger partial charge in [-0.3, -0.25) is 9.59 Å². The van der Waals surface area contributed by atoms with Crippen molar-refractivity contribution in [2.45, 2.75) is 17.9 Å². The molecule has 0 aliphatic carbocycles. The molecule has 2 rings (SSSR count). The van der Waals surface area contributed by atoms with Gasteiger partial charge in [0.1, 0.15) is 12.4 Å². The van der Waals surface area contributed by atoms with Crippen LogP contribution in [0.5, 0.6) is 0 Å². The Bertz CT molecular complexity index is 1020. The number of rotatable bonds is 7. The van der Waals surface area contributed by atoms with Gasteiger partial charge < -0.3 is 10.1 Å². The normalized spacial score (nSPS) is 11.9. The Morgan fingerprint density at radius 2 is 1.89 bits per heavy atom. The zero-order chi connectivity index (χ0) is 20.7. The SMILES string of the molecule is C[C@H](OC(=O)CNS(=O)(=O)c1ccc(F)cc1)C(=O)Nc1cccc(C#N)c1. The topological polar surface area (TPSA) is 125 Å². The van der Waals surface area contributed by atoms with Crippen LogP contribution in [0.3, 0.4) is 0 Å². The molecule has 2 aromatic rings. The van der Waals surface area contributed by atoms with E-state index in [9.17, 15) is 22.4 Å². The number of hydrogen-bond acceptors (Lipinski definition) is 6. The highest BCUT2D eigenvalue weighted by atomic mass is 32.2. The standard InChI is InChI=1S/C18H16FN3O5S/c1-12(18(24)22-15-4-2-3-13(9-15)10-20)27-17(23)11-21-28(25,26)16-7-5-14(19)6-8-16/h2-9,12,21H,11H2,1H3,(H,22,24)/t12-/m0/s1. The first kappa shape index (κ1) is 21.0. The Hall–Kier alpha value is -3.29. The van der Waals surface area contributed by atoms with E-state index in [0.717, 1.165) is 24.3 Å². The fourth-order valence-electron chi connectivity index (χ4n) is 2.05. The molecule has 0 bridgehead atoms. The number of carbonyl (C=O) groups is 2. The van der Waals surface area contributed by atoms with E-state index in [1.165, 1.54) is 13.0 Å². The minimum Gasteiger partial charge on any atom is -0.452 e. The molecule has 0 aliphatic rings. The van der Waals surface area contributed by atoms with E-state index >= 15 is 0 Å². The molecule has 0 spiro atoms. The highest BCUT2D eigenvalue weighted by molar-refractivity contribution is 7.89. The molecule has 0 heterocycles. The fourth-order valence-corrected chi connectivity index (χ4v) is 3.02. The van der Waals surface area contributed by atoms with Crippen molar-refractivity contribution in [3.05, 3.63) is 59.9 Å². The zero-order valence-corrected chi connectivity index (χ0v) is 15.5. The summed E-state index contributed by atoms with van der Waals surface area (Å²) in [5.41, 5.74) is 0.696. The summed E-state index contributed by atoms with van der Waals surface area (Å²) in [5.74, 6) is -2.22. The lowest BCUT2D eigenvalue weighted by molar-refractivity contribution is -0.151. The molecule has 0 saturated carbocycles. The summed E-state index contributed by atoms with van der Waals surface area (Å²) in [4.78, 5) is 23.6. The average Bonchev–Trinajstić information content (AvgIpc) is 2.67. The highest BCUT2D eigenvalue weighted by Gasteiger charge is 2.20. The van der Waals surface area contributed by atoms with Crippen LogP contribution in [0.25, 0.3) is 0 Å². The van der Waals surface area contributed by atoms with Crippen LogP contribution in [0.2, 0.25) is 0 Å². The predicted octanol–water partition coefficient (Wildman–Crippen LogP) is 1.55. The van der Waals surface area contributed by atoms with Gasteiger partial charge in [0.15, 0.2) is 6.10 Å². The van der Waals surface area contributed by atoms with E-state index < -0.39 is 40.4 Å². The summed E-state index contributed by atoms with van der Waals surface area (Å²) >= 11 is 0. The second-order valence-corrected chi connectivity index (χ2v) is 7.36. The summed E-state index contributed by atoms with van der Waals surface area (Å²) < 4.78 is 43.8. The number of nitrogens with zero attached hydrogens (tertiary/aromatic N) is 1. The predicted molar refractivity (Wildman–Crippen MR) is 96.9 cm³/mol. The third-order valence-electron chi connectivity index (χ3n) is 3.47. The van der Waals surface area contributed by atoms with Gasteiger partial charge in [-0.15, -0.1) is 0 Å². The summed E-state index contributed by atoms with van der Waals surface area (Å²) in [6.45, 7) is 0.608. The molecule has 0 aliphatic heterocycles. The van der Waals surface area contributed by atoms with Gasteiger partial charge in [0, 0.05) is 5.69 Å². The molecule has 146 valence electrons. The third-order valence-corrected chi connectivity index (χ3v) is 4.88. The van der Waals surface area contributed by atoms with Crippen molar-refractivity contribution in [1.82, 2.24) is 4.72 Å². The van der Waals surface area contributed by atoms with Crippen LogP contribution in [0, 0.1) is 17.1 Å². The first-order valence-electron chi connectivity index (χ1n) is 7.97. The highest BCUT2D eigenvalue weighted by Crippen LogP contribution is 2.11. The van der Waals surface area contributed by atoms with Gasteiger partial charge in [0.05, 0.1) is 16.5 Å². The molecule has 10 heteroatoms. The molecule has 2 aromatic carbocycles. The van der Waals surface area contributed by atoms with Crippen molar-refractivity contribution in [3.8, 4) is 6.07 Å². The maximum absolute atomic E-state index is 12.9. The summed E-state index contributed by atoms with van der Waals surface area (Å²) in [6.07, 6.45) is -1.20. The van der Waals surface area contributed by atoms with Crippen LogP contribution in [-0.4, -0.2) is 32.9 Å². The second-order valence-electron chi connectivity index (χ2n) is 5.59. The average molecular weight is 405 g/mol. The van der Waals surface area contributed by atoms with E-state index in [2.05, 4.69) is 5.32 Å². The van der Waals surface area contributed by atoms with E-state index in [4.69, 9.17) is 10.00 Å². The van der Waals surface area contributed by atoms with Gasteiger partial charge in [0.2, 0.25) is 10.0 Å². The summed E-state index contributed by atoms with van der Waals surface area (Å²) in [6, 6.07) is 12.1. The lowest BCUT2D eigenvalue weighted by atomic mass is 10.2. The van der Waals surface area contributed by atoms with Crippen LogP contribution >= 0.6 is 0 Å². The van der Waals surface area contributed by atoms with Gasteiger partial charge >= 0.3 is 5.97 Å². The molecule has 0 radical (unpaired) electrons. The number of halogens is 1. The Balaban J connectivity index is 1.88. The van der Waals surface area contributed by atoms with Crippen LogP contribution in [0.15, 0.2) is 53.4 Å². The number of sulfonamides is 1. The van der Waals surface area contributed by atoms with Crippen LogP contribution < -0.4 is 10.0 Å². The lowest BCUT2D eigenvalue weighted by Gasteiger charge is -2.14. The van der Waals surface area contributed by atoms with Gasteiger partial charge in [-0.05, 0) is 49.4 Å². The number of nitriles is 1. The van der Waals surface area contributed by atoms with Crippen LogP contribution in [0.1, 0.15) is 12.5 Å². The number of benzene rings is 2. The van der Waals surface area contributed by atoms with E-state index in [1.54, 1.807) is 18.2 Å². The molecule has 0 fully saturated rings. The molecule has 8 nitrogen and oxygen atoms in total. The van der Waals surface area contributed by atoms with Crippen molar-refractivity contribution in [2.75, 3.05) is 11.9 Å². The Labute approximate surface area is 161 Å². The third kappa shape index (κ3) is 5.87. The van der Waals surface area contributed by atoms with Crippen molar-refractivity contribution < 1.29 is 27.1 Å². The largest absolute Gasteiger partial charge is 0.452 e. The fraction of sp³-hybridized carbons (Fsp3) is 0.167. The smallest absolute Gasteiger partial charge is 0.321 e. The molecular formula is C18H16FN3O5S. The monoisotopic (exact) mass is 405 g/mol. The Morgan fingerprint density at radius 1 is 1.21 bits per heavy atom. The quantitative estimate of drug-likeness (QED) is 0.673. The van der Waals surface area contributed by atoms with Crippen LogP contribution in [0.4, 0.5) is 10.1 Å². The summed E-state index contributed by atoms with van der Waals surface area (Å²) in [5, 5.41) is 11.3. The molecule has 0 aromatic heterocycles. The molecule has 1 amide bonds. The van der Waals surface area contributed by atoms with E-state index in [0.29, 0.717) is 11.3 Å². The van der Waals surface area contributed by atoms with Crippen LogP contribution in [-0.2, 0) is 24.3 Å². The summed E-state index contributed by atoms with van der Waals surface area (Å²) in [7, 11) is -4.03. The maximum Gasteiger partial charge on any atom is 0.321 e. The number of esters is 1. The lowest BCUT2D eigenvalue weighted by Crippen LogP contribution is -2.35. The molecule has 0 saturated heterocycles. The van der Waals surface area contributed by atoms with Crippen molar-refractivity contribution in [2.24, 2.45) is 0 Å². The van der Waals surface area contributed by atoms with E-state index in [1.807, 2.05) is 10.8 Å². The number of nitrogens with one attached hydrogen (secondary N) is 2. The molecule has 1 atom stereocenters. The van der Waals surface area contributed by atoms with Gasteiger partial charge in [0.25, 0.3) is 5.91 Å². The number of amides is 1. The number of hydrogen-bond donors (Lipinski definition) is 2. The van der Waals surface area contributed by atoms with Crippen molar-refractivity contribution in [1.29, 1.82) is 5.26 Å². The first-order chi connectivity index (χ1) is 13.2. The second kappa shape index (κ2) is 9.07.